The zero-order valence-corrected chi connectivity index (χ0v) is 21.1. The van der Waals surface area contributed by atoms with Crippen molar-refractivity contribution in [1.29, 1.82) is 0 Å². The molecule has 0 aliphatic carbocycles. The third kappa shape index (κ3) is 2.90. The minimum atomic E-state index is 0.915. The molecule has 1 aliphatic rings. The predicted molar refractivity (Wildman–Crippen MR) is 164 cm³/mol. The van der Waals surface area contributed by atoms with Crippen LogP contribution in [0.1, 0.15) is 0 Å². The zero-order valence-electron chi connectivity index (χ0n) is 21.1. The standard InChI is InChI=1S/C38H22O/c1-2-7-23(8-3-1)28-17-13-24-16-20-32-29(18-14-25-15-19-31(28)37(24)38(25)32)27-21-26-9-6-12-35-36(26)33(22-27)30-10-4-5-11-34(30)39-35/h1-22H. The van der Waals surface area contributed by atoms with Crippen LogP contribution in [0.25, 0.3) is 76.5 Å². The largest absolute Gasteiger partial charge is 0.456 e. The van der Waals surface area contributed by atoms with E-state index < -0.39 is 0 Å². The monoisotopic (exact) mass is 494 g/mol. The highest BCUT2D eigenvalue weighted by molar-refractivity contribution is 6.27. The molecule has 1 heteroatoms. The highest BCUT2D eigenvalue weighted by Gasteiger charge is 2.21. The Bertz CT molecular complexity index is 2240. The average Bonchev–Trinajstić information content (AvgIpc) is 3.00. The number of rotatable bonds is 2. The molecular formula is C38H22O. The summed E-state index contributed by atoms with van der Waals surface area (Å²) in [7, 11) is 0. The summed E-state index contributed by atoms with van der Waals surface area (Å²) in [5, 5.41) is 10.2. The molecule has 39 heavy (non-hydrogen) atoms. The Morgan fingerprint density at radius 2 is 0.974 bits per heavy atom. The fourth-order valence-electron chi connectivity index (χ4n) is 6.67. The Morgan fingerprint density at radius 1 is 0.333 bits per heavy atom. The number of hydrogen-bond donors (Lipinski definition) is 0. The van der Waals surface area contributed by atoms with Gasteiger partial charge in [-0.3, -0.25) is 0 Å². The van der Waals surface area contributed by atoms with Crippen LogP contribution >= 0.6 is 0 Å². The van der Waals surface area contributed by atoms with E-state index in [0.717, 1.165) is 17.1 Å². The topological polar surface area (TPSA) is 9.23 Å². The second-order valence-electron chi connectivity index (χ2n) is 10.5. The number of hydrogen-bond acceptors (Lipinski definition) is 1. The zero-order chi connectivity index (χ0) is 25.5. The molecule has 8 aromatic carbocycles. The van der Waals surface area contributed by atoms with E-state index in [9.17, 15) is 0 Å². The van der Waals surface area contributed by atoms with Crippen molar-refractivity contribution in [2.75, 3.05) is 0 Å². The molecule has 180 valence electrons. The highest BCUT2D eigenvalue weighted by atomic mass is 16.5. The van der Waals surface area contributed by atoms with Crippen LogP contribution in [-0.2, 0) is 0 Å². The van der Waals surface area contributed by atoms with Gasteiger partial charge >= 0.3 is 0 Å². The van der Waals surface area contributed by atoms with E-state index in [1.165, 1.54) is 70.9 Å². The summed E-state index contributed by atoms with van der Waals surface area (Å²) >= 11 is 0. The molecular weight excluding hydrogens is 472 g/mol. The van der Waals surface area contributed by atoms with E-state index in [1.807, 2.05) is 6.07 Å². The van der Waals surface area contributed by atoms with E-state index in [0.29, 0.717) is 0 Å². The lowest BCUT2D eigenvalue weighted by Crippen LogP contribution is -1.97. The fraction of sp³-hybridized carbons (Fsp3) is 0. The van der Waals surface area contributed by atoms with Crippen LogP contribution in [0.5, 0.6) is 11.5 Å². The van der Waals surface area contributed by atoms with E-state index in [4.69, 9.17) is 4.74 Å². The van der Waals surface area contributed by atoms with Crippen molar-refractivity contribution >= 4 is 43.1 Å². The molecule has 0 saturated carbocycles. The van der Waals surface area contributed by atoms with Gasteiger partial charge in [-0.25, -0.2) is 0 Å². The molecule has 8 aromatic rings. The Hall–Kier alpha value is -5.14. The number of benzene rings is 8. The third-order valence-corrected chi connectivity index (χ3v) is 8.40. The van der Waals surface area contributed by atoms with Crippen molar-refractivity contribution in [3.8, 4) is 44.9 Å². The van der Waals surface area contributed by atoms with Gasteiger partial charge in [0.25, 0.3) is 0 Å². The first kappa shape index (κ1) is 20.9. The molecule has 0 spiro atoms. The van der Waals surface area contributed by atoms with E-state index in [-0.39, 0.29) is 0 Å². The molecule has 1 aliphatic heterocycles. The summed E-state index contributed by atoms with van der Waals surface area (Å²) in [4.78, 5) is 0. The van der Waals surface area contributed by atoms with Gasteiger partial charge in [-0.15, -0.1) is 0 Å². The summed E-state index contributed by atoms with van der Waals surface area (Å²) in [6.45, 7) is 0. The van der Waals surface area contributed by atoms with Crippen molar-refractivity contribution in [3.63, 3.8) is 0 Å². The maximum atomic E-state index is 6.29. The van der Waals surface area contributed by atoms with Crippen LogP contribution in [0.4, 0.5) is 0 Å². The van der Waals surface area contributed by atoms with Crippen molar-refractivity contribution in [1.82, 2.24) is 0 Å². The molecule has 0 fully saturated rings. The quantitative estimate of drug-likeness (QED) is 0.217. The van der Waals surface area contributed by atoms with Crippen LogP contribution in [0.2, 0.25) is 0 Å². The molecule has 0 N–H and O–H groups in total. The Balaban J connectivity index is 1.36. The number of ether oxygens (including phenoxy) is 1. The number of fused-ring (bicyclic) bond motifs is 2. The first-order valence-electron chi connectivity index (χ1n) is 13.4. The van der Waals surface area contributed by atoms with Gasteiger partial charge in [0.05, 0.1) is 0 Å². The first-order chi connectivity index (χ1) is 19.3. The minimum absolute atomic E-state index is 0.915. The second kappa shape index (κ2) is 7.69. The van der Waals surface area contributed by atoms with Gasteiger partial charge in [-0.05, 0) is 89.8 Å². The molecule has 0 amide bonds. The van der Waals surface area contributed by atoms with Crippen molar-refractivity contribution in [2.45, 2.75) is 0 Å². The van der Waals surface area contributed by atoms with Crippen molar-refractivity contribution in [2.24, 2.45) is 0 Å². The smallest absolute Gasteiger partial charge is 0.135 e. The molecule has 0 radical (unpaired) electrons. The minimum Gasteiger partial charge on any atom is -0.456 e. The lowest BCUT2D eigenvalue weighted by molar-refractivity contribution is 0.487. The Kier molecular flexibility index (Phi) is 4.11. The Morgan fingerprint density at radius 3 is 1.74 bits per heavy atom. The van der Waals surface area contributed by atoms with E-state index in [1.54, 1.807) is 0 Å². The third-order valence-electron chi connectivity index (χ3n) is 8.40. The van der Waals surface area contributed by atoms with Crippen LogP contribution in [-0.4, -0.2) is 0 Å². The first-order valence-corrected chi connectivity index (χ1v) is 13.4. The summed E-state index contributed by atoms with van der Waals surface area (Å²) < 4.78 is 6.29. The SMILES string of the molecule is c1ccc(-c2ccc3ccc4c(-c5cc6c7c(cccc7c5)Oc5ccccc5-6)ccc5ccc2c3c54)cc1. The lowest BCUT2D eigenvalue weighted by atomic mass is 9.85. The predicted octanol–water partition coefficient (Wildman–Crippen LogP) is 10.8. The van der Waals surface area contributed by atoms with Crippen molar-refractivity contribution < 1.29 is 4.74 Å². The van der Waals surface area contributed by atoms with Gasteiger partial charge < -0.3 is 4.74 Å². The van der Waals surface area contributed by atoms with Gasteiger partial charge in [0.15, 0.2) is 0 Å². The van der Waals surface area contributed by atoms with Crippen molar-refractivity contribution in [3.05, 3.63) is 133 Å². The van der Waals surface area contributed by atoms with Gasteiger partial charge in [0.1, 0.15) is 11.5 Å². The maximum Gasteiger partial charge on any atom is 0.135 e. The highest BCUT2D eigenvalue weighted by Crippen LogP contribution is 2.49. The molecule has 1 heterocycles. The van der Waals surface area contributed by atoms with Gasteiger partial charge in [-0.2, -0.15) is 0 Å². The molecule has 0 bridgehead atoms. The number of para-hydroxylation sites is 1. The van der Waals surface area contributed by atoms with Crippen LogP contribution in [0.3, 0.4) is 0 Å². The van der Waals surface area contributed by atoms with E-state index >= 15 is 0 Å². The Labute approximate surface area is 225 Å². The second-order valence-corrected chi connectivity index (χ2v) is 10.5. The van der Waals surface area contributed by atoms with Gasteiger partial charge in [0.2, 0.25) is 0 Å². The average molecular weight is 495 g/mol. The molecule has 1 nitrogen and oxygen atoms in total. The molecule has 0 aromatic heterocycles. The lowest BCUT2D eigenvalue weighted by Gasteiger charge is -2.22. The van der Waals surface area contributed by atoms with Gasteiger partial charge in [-0.1, -0.05) is 109 Å². The fourth-order valence-corrected chi connectivity index (χ4v) is 6.67. The summed E-state index contributed by atoms with van der Waals surface area (Å²) in [5.41, 5.74) is 7.40. The molecule has 0 saturated heterocycles. The van der Waals surface area contributed by atoms with Crippen LogP contribution < -0.4 is 4.74 Å². The van der Waals surface area contributed by atoms with Crippen LogP contribution in [0, 0.1) is 0 Å². The molecule has 0 unspecified atom stereocenters. The van der Waals surface area contributed by atoms with E-state index in [2.05, 4.69) is 127 Å². The van der Waals surface area contributed by atoms with Crippen LogP contribution in [0.15, 0.2) is 133 Å². The summed E-state index contributed by atoms with van der Waals surface area (Å²) in [6.07, 6.45) is 0. The summed E-state index contributed by atoms with van der Waals surface area (Å²) in [5.74, 6) is 1.84. The normalized spacial score (nSPS) is 12.3. The maximum absolute atomic E-state index is 6.29. The molecule has 0 atom stereocenters. The van der Waals surface area contributed by atoms with Gasteiger partial charge in [0, 0.05) is 10.9 Å². The molecule has 9 rings (SSSR count). The summed E-state index contributed by atoms with van der Waals surface area (Å²) in [6, 6.07) is 48.4.